The second-order valence-corrected chi connectivity index (χ2v) is 31.1. The van der Waals surface area contributed by atoms with Crippen LogP contribution in [-0.2, 0) is 0 Å². The fourth-order valence-electron chi connectivity index (χ4n) is 16.8. The molecule has 22 rings (SSSR count). The molecule has 0 bridgehead atoms. The van der Waals surface area contributed by atoms with Crippen molar-refractivity contribution in [1.29, 1.82) is 0 Å². The van der Waals surface area contributed by atoms with Gasteiger partial charge in [-0.2, -0.15) is 0 Å². The molecule has 125 heavy (non-hydrogen) atoms. The summed E-state index contributed by atoms with van der Waals surface area (Å²) in [7, 11) is 0. The average molecular weight is 1600 g/mol. The van der Waals surface area contributed by atoms with Gasteiger partial charge in [-0.1, -0.05) is 370 Å². The van der Waals surface area contributed by atoms with Crippen LogP contribution in [0.2, 0.25) is 0 Å². The molecular formula is C120H85N3O2. The first-order valence-corrected chi connectivity index (χ1v) is 42.5. The molecule has 0 saturated heterocycles. The van der Waals surface area contributed by atoms with E-state index in [2.05, 4.69) is 506 Å². The number of rotatable bonds is 18. The summed E-state index contributed by atoms with van der Waals surface area (Å²) in [4.78, 5) is 6.95. The number of nitrogens with zero attached hydrogens (tertiary/aromatic N) is 3. The molecule has 0 atom stereocenters. The minimum absolute atomic E-state index is 0.909. The molecule has 0 fully saturated rings. The summed E-state index contributed by atoms with van der Waals surface area (Å²) in [5, 5.41) is 4.58. The zero-order valence-electron chi connectivity index (χ0n) is 68.7. The third kappa shape index (κ3) is 16.9. The van der Waals surface area contributed by atoms with Crippen LogP contribution < -0.4 is 14.7 Å². The van der Waals surface area contributed by atoms with Crippen LogP contribution >= 0.6 is 0 Å². The highest BCUT2D eigenvalue weighted by molar-refractivity contribution is 6.07. The van der Waals surface area contributed by atoms with E-state index >= 15 is 0 Å². The topological polar surface area (TPSA) is 36.0 Å². The first-order valence-electron chi connectivity index (χ1n) is 42.5. The van der Waals surface area contributed by atoms with E-state index < -0.39 is 0 Å². The maximum Gasteiger partial charge on any atom is 0.136 e. The molecule has 0 N–H and O–H groups in total. The van der Waals surface area contributed by atoms with E-state index in [1.165, 1.54) is 89.0 Å². The number of benzene rings is 20. The number of furan rings is 2. The summed E-state index contributed by atoms with van der Waals surface area (Å²) < 4.78 is 12.2. The summed E-state index contributed by atoms with van der Waals surface area (Å²) in [6.45, 7) is 0. The number of anilines is 9. The zero-order valence-corrected chi connectivity index (χ0v) is 68.7. The van der Waals surface area contributed by atoms with Gasteiger partial charge in [-0.25, -0.2) is 0 Å². The fourth-order valence-corrected chi connectivity index (χ4v) is 16.8. The van der Waals surface area contributed by atoms with Crippen molar-refractivity contribution < 1.29 is 8.83 Å². The van der Waals surface area contributed by atoms with Crippen molar-refractivity contribution in [1.82, 2.24) is 0 Å². The predicted octanol–water partition coefficient (Wildman–Crippen LogP) is 34.3. The van der Waals surface area contributed by atoms with Crippen molar-refractivity contribution in [3.8, 4) is 100 Å². The molecule has 5 nitrogen and oxygen atoms in total. The Labute approximate surface area is 729 Å². The number of hydrogen-bond acceptors (Lipinski definition) is 5. The van der Waals surface area contributed by atoms with Gasteiger partial charge in [0.25, 0.3) is 0 Å². The Morgan fingerprint density at radius 2 is 0.264 bits per heavy atom. The SMILES string of the molecule is c1ccc(-c2ccc(N(c3ccc(-c4ccccc4)cc3)c3ccc(-c4ccc5c(c4)oc4ccccc45)cc3)cc2)cc1.c1ccc(-c2ccc(N(c3ccc(-c4ccccc4)cc3)c3ccc(-c4ccc5oc6ccccc6c5c4)cc3)cc2)cc1.c1ccc(-c2ccc(N(c3ccc(-c4ccccc4)cc3)c3ccc(-c4ccccc4)cc3)cc2)cc1. The first-order chi connectivity index (χ1) is 61.9. The highest BCUT2D eigenvalue weighted by Gasteiger charge is 2.20. The van der Waals surface area contributed by atoms with Crippen LogP contribution in [0.4, 0.5) is 51.2 Å². The van der Waals surface area contributed by atoms with Gasteiger partial charge in [-0.3, -0.25) is 0 Å². The van der Waals surface area contributed by atoms with Crippen LogP contribution in [0, 0.1) is 0 Å². The lowest BCUT2D eigenvalue weighted by atomic mass is 10.0. The van der Waals surface area contributed by atoms with Gasteiger partial charge in [-0.15, -0.1) is 0 Å². The Kier molecular flexibility index (Phi) is 22.0. The van der Waals surface area contributed by atoms with E-state index in [1.807, 2.05) is 24.3 Å². The van der Waals surface area contributed by atoms with Crippen LogP contribution in [0.3, 0.4) is 0 Å². The van der Waals surface area contributed by atoms with Crippen molar-refractivity contribution in [3.05, 3.63) is 516 Å². The summed E-state index contributed by atoms with van der Waals surface area (Å²) in [5.41, 5.74) is 35.2. The standard InChI is InChI=1S/2C42H29NO.C36H27N/c1-3-9-30(10-4-1)32-15-22-36(23-16-32)43(37-24-17-33(18-25-37)31-11-5-2-6-12-31)38-26-19-34(20-27-38)35-21-28-42-40(29-35)39-13-7-8-14-41(39)44-42;1-3-9-30(10-4-1)32-15-22-36(23-16-32)43(37-24-17-33(18-25-37)31-11-5-2-6-12-31)38-26-19-34(20-27-38)35-21-28-40-39-13-7-8-14-41(39)44-42(40)29-35;1-4-10-28(11-5-1)31-16-22-34(23-17-31)37(35-24-18-32(19-25-35)29-12-6-2-7-13-29)36-26-20-33(21-27-36)30-14-8-3-9-15-30/h2*1-29H;1-27H. The van der Waals surface area contributed by atoms with Gasteiger partial charge >= 0.3 is 0 Å². The van der Waals surface area contributed by atoms with E-state index in [-0.39, 0.29) is 0 Å². The third-order valence-electron chi connectivity index (χ3n) is 23.3. The molecule has 5 heteroatoms. The van der Waals surface area contributed by atoms with E-state index in [0.717, 1.165) is 106 Å². The summed E-state index contributed by atoms with van der Waals surface area (Å²) in [6, 6.07) is 182. The third-order valence-corrected chi connectivity index (χ3v) is 23.3. The van der Waals surface area contributed by atoms with Crippen LogP contribution in [0.1, 0.15) is 0 Å². The van der Waals surface area contributed by atoms with Gasteiger partial charge < -0.3 is 23.5 Å². The van der Waals surface area contributed by atoms with Gasteiger partial charge in [0.15, 0.2) is 0 Å². The van der Waals surface area contributed by atoms with Crippen LogP contribution in [0.25, 0.3) is 144 Å². The fraction of sp³-hybridized carbons (Fsp3) is 0. The molecule has 0 radical (unpaired) electrons. The highest BCUT2D eigenvalue weighted by Crippen LogP contribution is 2.44. The molecule has 0 aliphatic rings. The van der Waals surface area contributed by atoms with Gasteiger partial charge in [0.1, 0.15) is 22.3 Å². The van der Waals surface area contributed by atoms with E-state index in [4.69, 9.17) is 8.83 Å². The van der Waals surface area contributed by atoms with Gasteiger partial charge in [0.2, 0.25) is 0 Å². The monoisotopic (exact) mass is 1600 g/mol. The lowest BCUT2D eigenvalue weighted by Crippen LogP contribution is -2.09. The Hall–Kier alpha value is -16.6. The maximum absolute atomic E-state index is 6.17. The maximum atomic E-state index is 6.17. The van der Waals surface area contributed by atoms with Crippen molar-refractivity contribution in [3.63, 3.8) is 0 Å². The van der Waals surface area contributed by atoms with Gasteiger partial charge in [0, 0.05) is 72.7 Å². The van der Waals surface area contributed by atoms with E-state index in [0.29, 0.717) is 0 Å². The molecule has 0 amide bonds. The molecule has 0 aliphatic carbocycles. The summed E-state index contributed by atoms with van der Waals surface area (Å²) in [6.07, 6.45) is 0. The first kappa shape index (κ1) is 77.0. The molecular weight excluding hydrogens is 1520 g/mol. The molecule has 22 aromatic rings. The second kappa shape index (κ2) is 35.8. The largest absolute Gasteiger partial charge is 0.456 e. The van der Waals surface area contributed by atoms with Crippen LogP contribution in [0.15, 0.2) is 524 Å². The van der Waals surface area contributed by atoms with Crippen molar-refractivity contribution in [2.24, 2.45) is 0 Å². The lowest BCUT2D eigenvalue weighted by molar-refractivity contribution is 0.668. The quantitative estimate of drug-likeness (QED) is 0.0856. The lowest BCUT2D eigenvalue weighted by Gasteiger charge is -2.26. The number of para-hydroxylation sites is 2. The Bertz CT molecular complexity index is 6950. The van der Waals surface area contributed by atoms with Crippen LogP contribution in [0.5, 0.6) is 0 Å². The van der Waals surface area contributed by atoms with Gasteiger partial charge in [-0.05, 0) is 246 Å². The van der Waals surface area contributed by atoms with E-state index in [1.54, 1.807) is 0 Å². The molecule has 0 spiro atoms. The number of hydrogen-bond donors (Lipinski definition) is 0. The smallest absolute Gasteiger partial charge is 0.136 e. The summed E-state index contributed by atoms with van der Waals surface area (Å²) in [5.74, 6) is 0. The molecule has 0 unspecified atom stereocenters. The van der Waals surface area contributed by atoms with Crippen LogP contribution in [-0.4, -0.2) is 0 Å². The summed E-state index contributed by atoms with van der Waals surface area (Å²) >= 11 is 0. The van der Waals surface area contributed by atoms with E-state index in [9.17, 15) is 0 Å². The molecule has 0 aliphatic heterocycles. The predicted molar refractivity (Wildman–Crippen MR) is 527 cm³/mol. The minimum atomic E-state index is 0.909. The molecule has 20 aromatic carbocycles. The van der Waals surface area contributed by atoms with Crippen molar-refractivity contribution in [2.75, 3.05) is 14.7 Å². The minimum Gasteiger partial charge on any atom is -0.456 e. The van der Waals surface area contributed by atoms with Gasteiger partial charge in [0.05, 0.1) is 0 Å². The molecule has 0 saturated carbocycles. The number of fused-ring (bicyclic) bond motifs is 6. The zero-order chi connectivity index (χ0) is 83.5. The van der Waals surface area contributed by atoms with Crippen molar-refractivity contribution in [2.45, 2.75) is 0 Å². The molecule has 592 valence electrons. The average Bonchev–Trinajstić information content (AvgIpc) is 1.61. The van der Waals surface area contributed by atoms with Crippen molar-refractivity contribution >= 4 is 95.1 Å². The molecule has 2 aromatic heterocycles. The Morgan fingerprint density at radius 1 is 0.104 bits per heavy atom. The second-order valence-electron chi connectivity index (χ2n) is 31.1. The Balaban J connectivity index is 0.000000119. The highest BCUT2D eigenvalue weighted by atomic mass is 16.3. The molecule has 2 heterocycles. The normalized spacial score (nSPS) is 11.0. The Morgan fingerprint density at radius 3 is 0.512 bits per heavy atom.